The molecule has 1 atom stereocenters. The van der Waals surface area contributed by atoms with Crippen LogP contribution in [-0.2, 0) is 4.74 Å². The van der Waals surface area contributed by atoms with Gasteiger partial charge in [0.05, 0.1) is 11.8 Å². The van der Waals surface area contributed by atoms with E-state index in [1.165, 1.54) is 12.1 Å². The SMILES string of the molecule is Nc1ccc(C(=O)NCC2CCCCO2)cc1F. The Labute approximate surface area is 105 Å². The van der Waals surface area contributed by atoms with Crippen LogP contribution in [0.3, 0.4) is 0 Å². The molecule has 1 aliphatic rings. The summed E-state index contributed by atoms with van der Waals surface area (Å²) < 4.78 is 18.7. The summed E-state index contributed by atoms with van der Waals surface area (Å²) in [6, 6.07) is 4.04. The van der Waals surface area contributed by atoms with E-state index < -0.39 is 5.82 Å². The van der Waals surface area contributed by atoms with Crippen molar-refractivity contribution in [2.75, 3.05) is 18.9 Å². The van der Waals surface area contributed by atoms with E-state index in [1.54, 1.807) is 0 Å². The molecule has 1 aliphatic heterocycles. The molecular weight excluding hydrogens is 235 g/mol. The topological polar surface area (TPSA) is 64.4 Å². The number of anilines is 1. The molecule has 1 aromatic carbocycles. The van der Waals surface area contributed by atoms with E-state index in [-0.39, 0.29) is 23.3 Å². The number of hydrogen-bond acceptors (Lipinski definition) is 3. The fourth-order valence-corrected chi connectivity index (χ4v) is 1.95. The highest BCUT2D eigenvalue weighted by atomic mass is 19.1. The molecule has 2 rings (SSSR count). The van der Waals surface area contributed by atoms with Crippen LogP contribution in [0.1, 0.15) is 29.6 Å². The van der Waals surface area contributed by atoms with Gasteiger partial charge in [-0.15, -0.1) is 0 Å². The van der Waals surface area contributed by atoms with Crippen molar-refractivity contribution in [1.82, 2.24) is 5.32 Å². The molecular formula is C13H17FN2O2. The number of amides is 1. The Bertz CT molecular complexity index is 431. The van der Waals surface area contributed by atoms with Gasteiger partial charge in [0.15, 0.2) is 0 Å². The fourth-order valence-electron chi connectivity index (χ4n) is 1.95. The van der Waals surface area contributed by atoms with Crippen LogP contribution in [0.2, 0.25) is 0 Å². The third kappa shape index (κ3) is 3.20. The minimum Gasteiger partial charge on any atom is -0.396 e. The first-order valence-electron chi connectivity index (χ1n) is 6.11. The summed E-state index contributed by atoms with van der Waals surface area (Å²) in [6.45, 7) is 1.21. The Hall–Kier alpha value is -1.62. The van der Waals surface area contributed by atoms with Crippen molar-refractivity contribution in [3.05, 3.63) is 29.6 Å². The molecule has 0 aliphatic carbocycles. The van der Waals surface area contributed by atoms with Gasteiger partial charge < -0.3 is 15.8 Å². The van der Waals surface area contributed by atoms with Gasteiger partial charge in [0, 0.05) is 18.7 Å². The Morgan fingerprint density at radius 2 is 2.33 bits per heavy atom. The number of carbonyl (C=O) groups is 1. The maximum Gasteiger partial charge on any atom is 0.251 e. The lowest BCUT2D eigenvalue weighted by atomic mass is 10.1. The largest absolute Gasteiger partial charge is 0.396 e. The zero-order valence-electron chi connectivity index (χ0n) is 10.1. The Kier molecular flexibility index (Phi) is 4.15. The summed E-state index contributed by atoms with van der Waals surface area (Å²) in [5, 5.41) is 2.74. The van der Waals surface area contributed by atoms with Crippen LogP contribution in [0, 0.1) is 5.82 Å². The van der Waals surface area contributed by atoms with Crippen molar-refractivity contribution in [2.24, 2.45) is 0 Å². The van der Waals surface area contributed by atoms with E-state index in [0.717, 1.165) is 31.9 Å². The predicted octanol–water partition coefficient (Wildman–Crippen LogP) is 1.71. The highest BCUT2D eigenvalue weighted by molar-refractivity contribution is 5.94. The van der Waals surface area contributed by atoms with Crippen LogP contribution in [0.15, 0.2) is 18.2 Å². The third-order valence-corrected chi connectivity index (χ3v) is 3.03. The van der Waals surface area contributed by atoms with Crippen molar-refractivity contribution in [1.29, 1.82) is 0 Å². The standard InChI is InChI=1S/C13H17FN2O2/c14-11-7-9(4-5-12(11)15)13(17)16-8-10-3-1-2-6-18-10/h4-5,7,10H,1-3,6,8,15H2,(H,16,17). The molecule has 0 radical (unpaired) electrons. The average molecular weight is 252 g/mol. The molecule has 3 N–H and O–H groups in total. The summed E-state index contributed by atoms with van der Waals surface area (Å²) in [7, 11) is 0. The molecule has 1 fully saturated rings. The molecule has 1 unspecified atom stereocenters. The Balaban J connectivity index is 1.88. The second-order valence-corrected chi connectivity index (χ2v) is 4.43. The number of halogens is 1. The van der Waals surface area contributed by atoms with Gasteiger partial charge in [0.25, 0.3) is 5.91 Å². The van der Waals surface area contributed by atoms with Crippen LogP contribution >= 0.6 is 0 Å². The highest BCUT2D eigenvalue weighted by Crippen LogP contribution is 2.13. The van der Waals surface area contributed by atoms with Gasteiger partial charge in [-0.1, -0.05) is 0 Å². The van der Waals surface area contributed by atoms with Gasteiger partial charge in [0.2, 0.25) is 0 Å². The number of nitrogens with two attached hydrogens (primary N) is 1. The van der Waals surface area contributed by atoms with Gasteiger partial charge >= 0.3 is 0 Å². The smallest absolute Gasteiger partial charge is 0.251 e. The first kappa shape index (κ1) is 12.8. The van der Waals surface area contributed by atoms with Crippen LogP contribution in [-0.4, -0.2) is 25.2 Å². The number of carbonyl (C=O) groups excluding carboxylic acids is 1. The number of benzene rings is 1. The van der Waals surface area contributed by atoms with Crippen molar-refractivity contribution < 1.29 is 13.9 Å². The van der Waals surface area contributed by atoms with Crippen LogP contribution in [0.4, 0.5) is 10.1 Å². The number of ether oxygens (including phenoxy) is 1. The first-order valence-corrected chi connectivity index (χ1v) is 6.11. The summed E-state index contributed by atoms with van der Waals surface area (Å²) in [6.07, 6.45) is 3.22. The lowest BCUT2D eigenvalue weighted by Gasteiger charge is -2.22. The molecule has 1 aromatic rings. The number of rotatable bonds is 3. The monoisotopic (exact) mass is 252 g/mol. The maximum absolute atomic E-state index is 13.2. The minimum atomic E-state index is -0.573. The van der Waals surface area contributed by atoms with Crippen molar-refractivity contribution in [2.45, 2.75) is 25.4 Å². The lowest BCUT2D eigenvalue weighted by molar-refractivity contribution is 0.0169. The molecule has 0 bridgehead atoms. The van der Waals surface area contributed by atoms with E-state index >= 15 is 0 Å². The lowest BCUT2D eigenvalue weighted by Crippen LogP contribution is -2.35. The normalized spacial score (nSPS) is 19.5. The minimum absolute atomic E-state index is 0.0437. The zero-order valence-corrected chi connectivity index (χ0v) is 10.1. The van der Waals surface area contributed by atoms with Gasteiger partial charge in [-0.3, -0.25) is 4.79 Å². The summed E-state index contributed by atoms with van der Waals surface area (Å²) in [5.74, 6) is -0.875. The number of nitrogens with one attached hydrogen (secondary N) is 1. The maximum atomic E-state index is 13.2. The second kappa shape index (κ2) is 5.82. The first-order chi connectivity index (χ1) is 8.66. The van der Waals surface area contributed by atoms with E-state index in [0.29, 0.717) is 6.54 Å². The molecule has 1 saturated heterocycles. The summed E-state index contributed by atoms with van der Waals surface area (Å²) in [4.78, 5) is 11.8. The van der Waals surface area contributed by atoms with Gasteiger partial charge in [-0.25, -0.2) is 4.39 Å². The van der Waals surface area contributed by atoms with Crippen LogP contribution in [0.25, 0.3) is 0 Å². The van der Waals surface area contributed by atoms with Crippen molar-refractivity contribution in [3.8, 4) is 0 Å². The number of hydrogen-bond donors (Lipinski definition) is 2. The molecule has 18 heavy (non-hydrogen) atoms. The molecule has 0 saturated carbocycles. The van der Waals surface area contributed by atoms with E-state index in [4.69, 9.17) is 10.5 Å². The Morgan fingerprint density at radius 3 is 3.00 bits per heavy atom. The average Bonchev–Trinajstić information content (AvgIpc) is 2.40. The molecule has 0 spiro atoms. The highest BCUT2D eigenvalue weighted by Gasteiger charge is 2.15. The predicted molar refractivity (Wildman–Crippen MR) is 66.7 cm³/mol. The molecule has 5 heteroatoms. The van der Waals surface area contributed by atoms with Crippen LogP contribution in [0.5, 0.6) is 0 Å². The quantitative estimate of drug-likeness (QED) is 0.805. The van der Waals surface area contributed by atoms with E-state index in [1.807, 2.05) is 0 Å². The van der Waals surface area contributed by atoms with Gasteiger partial charge in [-0.2, -0.15) is 0 Å². The van der Waals surface area contributed by atoms with E-state index in [9.17, 15) is 9.18 Å². The summed E-state index contributed by atoms with van der Waals surface area (Å²) >= 11 is 0. The van der Waals surface area contributed by atoms with E-state index in [2.05, 4.69) is 5.32 Å². The van der Waals surface area contributed by atoms with Gasteiger partial charge in [0.1, 0.15) is 5.82 Å². The summed E-state index contributed by atoms with van der Waals surface area (Å²) in [5.41, 5.74) is 5.67. The molecule has 1 amide bonds. The Morgan fingerprint density at radius 1 is 1.50 bits per heavy atom. The van der Waals surface area contributed by atoms with Crippen molar-refractivity contribution in [3.63, 3.8) is 0 Å². The van der Waals surface area contributed by atoms with Crippen molar-refractivity contribution >= 4 is 11.6 Å². The van der Waals surface area contributed by atoms with Crippen LogP contribution < -0.4 is 11.1 Å². The molecule has 1 heterocycles. The fraction of sp³-hybridized carbons (Fsp3) is 0.462. The zero-order chi connectivity index (χ0) is 13.0. The van der Waals surface area contributed by atoms with Gasteiger partial charge in [-0.05, 0) is 37.5 Å². The third-order valence-electron chi connectivity index (χ3n) is 3.03. The second-order valence-electron chi connectivity index (χ2n) is 4.43. The molecule has 98 valence electrons. The molecule has 4 nitrogen and oxygen atoms in total. The number of nitrogen functional groups attached to an aromatic ring is 1. The molecule has 0 aromatic heterocycles.